The molecule has 3 heteroatoms. The first kappa shape index (κ1) is 8.88. The van der Waals surface area contributed by atoms with Gasteiger partial charge in [-0.1, -0.05) is 13.8 Å². The molecule has 0 fully saturated rings. The fourth-order valence-electron chi connectivity index (χ4n) is 0.802. The molecule has 3 nitrogen and oxygen atoms in total. The molecular formula is C6H16N2O. The van der Waals surface area contributed by atoms with Gasteiger partial charge in [0.25, 0.3) is 0 Å². The SMILES string of the molecule is CCC(CC)(NN)OC. The molecule has 9 heavy (non-hydrogen) atoms. The number of methoxy groups -OCH3 is 1. The Morgan fingerprint density at radius 2 is 1.89 bits per heavy atom. The van der Waals surface area contributed by atoms with Gasteiger partial charge in [-0.05, 0) is 12.8 Å². The second-order valence-corrected chi connectivity index (χ2v) is 2.05. The molecule has 3 N–H and O–H groups in total. The summed E-state index contributed by atoms with van der Waals surface area (Å²) in [4.78, 5) is 0. The summed E-state index contributed by atoms with van der Waals surface area (Å²) in [5.74, 6) is 5.26. The highest BCUT2D eigenvalue weighted by molar-refractivity contribution is 4.69. The third-order valence-corrected chi connectivity index (χ3v) is 1.80. The predicted molar refractivity (Wildman–Crippen MR) is 37.6 cm³/mol. The van der Waals surface area contributed by atoms with E-state index in [9.17, 15) is 0 Å². The van der Waals surface area contributed by atoms with Gasteiger partial charge in [-0.15, -0.1) is 0 Å². The van der Waals surface area contributed by atoms with E-state index in [0.29, 0.717) is 0 Å². The summed E-state index contributed by atoms with van der Waals surface area (Å²) in [5, 5.41) is 0. The highest BCUT2D eigenvalue weighted by Crippen LogP contribution is 2.12. The van der Waals surface area contributed by atoms with E-state index in [0.717, 1.165) is 12.8 Å². The zero-order valence-electron chi connectivity index (χ0n) is 6.40. The second-order valence-electron chi connectivity index (χ2n) is 2.05. The van der Waals surface area contributed by atoms with Crippen LogP contribution in [0.1, 0.15) is 26.7 Å². The van der Waals surface area contributed by atoms with Crippen LogP contribution in [0.5, 0.6) is 0 Å². The molecule has 0 rings (SSSR count). The minimum Gasteiger partial charge on any atom is -0.363 e. The molecule has 0 aliphatic carbocycles. The van der Waals surface area contributed by atoms with Crippen molar-refractivity contribution in [1.82, 2.24) is 5.43 Å². The molecule has 0 unspecified atom stereocenters. The number of nitrogens with two attached hydrogens (primary N) is 1. The van der Waals surface area contributed by atoms with Crippen molar-refractivity contribution in [3.8, 4) is 0 Å². The third kappa shape index (κ3) is 1.93. The molecule has 0 radical (unpaired) electrons. The lowest BCUT2D eigenvalue weighted by molar-refractivity contribution is -0.0456. The maximum Gasteiger partial charge on any atom is 0.130 e. The van der Waals surface area contributed by atoms with E-state index in [2.05, 4.69) is 5.43 Å². The van der Waals surface area contributed by atoms with Gasteiger partial charge in [-0.3, -0.25) is 5.84 Å². The summed E-state index contributed by atoms with van der Waals surface area (Å²) >= 11 is 0. The van der Waals surface area contributed by atoms with Crippen molar-refractivity contribution in [2.24, 2.45) is 5.84 Å². The largest absolute Gasteiger partial charge is 0.363 e. The maximum atomic E-state index is 5.26. The van der Waals surface area contributed by atoms with Gasteiger partial charge in [0.15, 0.2) is 0 Å². The van der Waals surface area contributed by atoms with Gasteiger partial charge in [-0.25, -0.2) is 5.43 Å². The Balaban J connectivity index is 3.82. The van der Waals surface area contributed by atoms with Crippen molar-refractivity contribution in [1.29, 1.82) is 0 Å². The maximum absolute atomic E-state index is 5.26. The summed E-state index contributed by atoms with van der Waals surface area (Å²) in [6.45, 7) is 4.07. The van der Waals surface area contributed by atoms with E-state index >= 15 is 0 Å². The lowest BCUT2D eigenvalue weighted by atomic mass is 10.1. The molecule has 0 aromatic heterocycles. The summed E-state index contributed by atoms with van der Waals surface area (Å²) in [6, 6.07) is 0. The zero-order chi connectivity index (χ0) is 7.33. The number of hydrazine groups is 1. The van der Waals surface area contributed by atoms with Crippen LogP contribution in [0, 0.1) is 0 Å². The lowest BCUT2D eigenvalue weighted by Gasteiger charge is -2.28. The average molecular weight is 132 g/mol. The molecule has 0 atom stereocenters. The Morgan fingerprint density at radius 1 is 1.44 bits per heavy atom. The number of ether oxygens (including phenoxy) is 1. The number of hydrogen-bond acceptors (Lipinski definition) is 3. The van der Waals surface area contributed by atoms with Crippen molar-refractivity contribution in [3.63, 3.8) is 0 Å². The quantitative estimate of drug-likeness (QED) is 0.335. The molecule has 0 saturated carbocycles. The number of nitrogens with one attached hydrogen (secondary N) is 1. The molecule has 0 aliphatic rings. The first-order valence-electron chi connectivity index (χ1n) is 3.27. The monoisotopic (exact) mass is 132 g/mol. The van der Waals surface area contributed by atoms with Crippen molar-refractivity contribution in [3.05, 3.63) is 0 Å². The van der Waals surface area contributed by atoms with E-state index in [1.54, 1.807) is 7.11 Å². The van der Waals surface area contributed by atoms with Gasteiger partial charge in [0.2, 0.25) is 0 Å². The van der Waals surface area contributed by atoms with Crippen LogP contribution in [0.4, 0.5) is 0 Å². The highest BCUT2D eigenvalue weighted by Gasteiger charge is 2.22. The molecule has 0 amide bonds. The normalized spacial score (nSPS) is 12.0. The minimum absolute atomic E-state index is 0.306. The Hall–Kier alpha value is -0.120. The van der Waals surface area contributed by atoms with E-state index in [1.807, 2.05) is 13.8 Å². The zero-order valence-corrected chi connectivity index (χ0v) is 6.40. The molecule has 0 aromatic rings. The fourth-order valence-corrected chi connectivity index (χ4v) is 0.802. The van der Waals surface area contributed by atoms with Gasteiger partial charge in [0, 0.05) is 7.11 Å². The molecule has 0 aromatic carbocycles. The minimum atomic E-state index is -0.306. The van der Waals surface area contributed by atoms with Gasteiger partial charge in [-0.2, -0.15) is 0 Å². The standard InChI is InChI=1S/C6H16N2O/c1-4-6(5-2,8-7)9-3/h8H,4-5,7H2,1-3H3. The molecule has 0 saturated heterocycles. The molecule has 0 bridgehead atoms. The van der Waals surface area contributed by atoms with Gasteiger partial charge < -0.3 is 4.74 Å². The van der Waals surface area contributed by atoms with E-state index in [-0.39, 0.29) is 5.72 Å². The van der Waals surface area contributed by atoms with E-state index < -0.39 is 0 Å². The van der Waals surface area contributed by atoms with Crippen LogP contribution in [0.2, 0.25) is 0 Å². The molecule has 0 aliphatic heterocycles. The second kappa shape index (κ2) is 3.82. The first-order chi connectivity index (χ1) is 4.24. The fraction of sp³-hybridized carbons (Fsp3) is 1.00. The van der Waals surface area contributed by atoms with Crippen molar-refractivity contribution in [2.75, 3.05) is 7.11 Å². The van der Waals surface area contributed by atoms with Crippen LogP contribution in [-0.2, 0) is 4.74 Å². The lowest BCUT2D eigenvalue weighted by Crippen LogP contribution is -2.49. The Morgan fingerprint density at radius 3 is 1.89 bits per heavy atom. The summed E-state index contributed by atoms with van der Waals surface area (Å²) in [6.07, 6.45) is 1.77. The van der Waals surface area contributed by atoms with Crippen LogP contribution >= 0.6 is 0 Å². The highest BCUT2D eigenvalue weighted by atomic mass is 16.5. The molecular weight excluding hydrogens is 116 g/mol. The van der Waals surface area contributed by atoms with E-state index in [1.165, 1.54) is 0 Å². The van der Waals surface area contributed by atoms with Crippen molar-refractivity contribution < 1.29 is 4.74 Å². The van der Waals surface area contributed by atoms with Crippen LogP contribution in [0.25, 0.3) is 0 Å². The third-order valence-electron chi connectivity index (χ3n) is 1.80. The van der Waals surface area contributed by atoms with Crippen molar-refractivity contribution >= 4 is 0 Å². The smallest absolute Gasteiger partial charge is 0.130 e. The summed E-state index contributed by atoms with van der Waals surface area (Å²) < 4.78 is 5.15. The topological polar surface area (TPSA) is 47.3 Å². The number of hydrogen-bond donors (Lipinski definition) is 2. The Bertz CT molecular complexity index is 53.9. The molecule has 0 heterocycles. The Kier molecular flexibility index (Phi) is 3.77. The predicted octanol–water partition coefficient (Wildman–Crippen LogP) is 0.612. The van der Waals surface area contributed by atoms with Crippen LogP contribution < -0.4 is 11.3 Å². The van der Waals surface area contributed by atoms with Gasteiger partial charge in [0.1, 0.15) is 5.72 Å². The van der Waals surface area contributed by atoms with Gasteiger partial charge in [0.05, 0.1) is 0 Å². The van der Waals surface area contributed by atoms with Crippen LogP contribution in [0.15, 0.2) is 0 Å². The first-order valence-corrected chi connectivity index (χ1v) is 3.27. The van der Waals surface area contributed by atoms with Crippen LogP contribution in [0.3, 0.4) is 0 Å². The summed E-state index contributed by atoms with van der Waals surface area (Å²) in [5.41, 5.74) is 2.34. The number of rotatable bonds is 4. The Labute approximate surface area is 56.5 Å². The average Bonchev–Trinajstić information content (AvgIpc) is 1.95. The van der Waals surface area contributed by atoms with Crippen LogP contribution in [-0.4, -0.2) is 12.8 Å². The molecule has 0 spiro atoms. The summed E-state index contributed by atoms with van der Waals surface area (Å²) in [7, 11) is 1.66. The van der Waals surface area contributed by atoms with Crippen molar-refractivity contribution in [2.45, 2.75) is 32.4 Å². The molecule has 56 valence electrons. The van der Waals surface area contributed by atoms with Gasteiger partial charge >= 0.3 is 0 Å². The van der Waals surface area contributed by atoms with E-state index in [4.69, 9.17) is 10.6 Å².